The molecular weight excluding hydrogens is 523 g/mol. The summed E-state index contributed by atoms with van der Waals surface area (Å²) < 4.78 is 19.2. The lowest BCUT2D eigenvalue weighted by molar-refractivity contribution is 0.123. The van der Waals surface area contributed by atoms with Gasteiger partial charge in [0.25, 0.3) is 0 Å². The molecule has 9 nitrogen and oxygen atoms in total. The first-order valence-corrected chi connectivity index (χ1v) is 11.2. The van der Waals surface area contributed by atoms with Crippen LogP contribution in [0, 0.1) is 5.92 Å². The van der Waals surface area contributed by atoms with Crippen molar-refractivity contribution in [1.82, 2.24) is 20.1 Å². The average Bonchev–Trinajstić information content (AvgIpc) is 3.55. The number of benzene rings is 1. The van der Waals surface area contributed by atoms with Crippen LogP contribution < -0.4 is 20.1 Å². The fraction of sp³-hybridized carbons (Fsp3) is 0.591. The lowest BCUT2D eigenvalue weighted by Gasteiger charge is -2.15. The van der Waals surface area contributed by atoms with Gasteiger partial charge in [0.05, 0.1) is 13.2 Å². The Bertz CT molecular complexity index is 871. The highest BCUT2D eigenvalue weighted by Crippen LogP contribution is 2.32. The first-order valence-electron chi connectivity index (χ1n) is 11.2. The van der Waals surface area contributed by atoms with Gasteiger partial charge in [-0.1, -0.05) is 0 Å². The van der Waals surface area contributed by atoms with E-state index in [1.54, 1.807) is 6.33 Å². The molecule has 32 heavy (non-hydrogen) atoms. The second kappa shape index (κ2) is 12.8. The molecule has 1 aromatic carbocycles. The molecule has 2 aliphatic rings. The molecule has 10 heteroatoms. The number of nitrogens with one attached hydrogen (secondary N) is 2. The second-order valence-electron chi connectivity index (χ2n) is 7.83. The van der Waals surface area contributed by atoms with Crippen molar-refractivity contribution in [3.05, 3.63) is 30.4 Å². The summed E-state index contributed by atoms with van der Waals surface area (Å²) in [4.78, 5) is 4.71. The molecule has 1 fully saturated rings. The summed E-state index contributed by atoms with van der Waals surface area (Å²) in [7, 11) is 0. The average molecular weight is 556 g/mol. The molecule has 1 saturated carbocycles. The molecule has 0 atom stereocenters. The van der Waals surface area contributed by atoms with E-state index in [1.165, 1.54) is 12.8 Å². The smallest absolute Gasteiger partial charge is 0.196 e. The Morgan fingerprint density at radius 1 is 1.25 bits per heavy atom. The molecule has 1 aliphatic carbocycles. The van der Waals surface area contributed by atoms with Gasteiger partial charge in [0, 0.05) is 44.5 Å². The second-order valence-corrected chi connectivity index (χ2v) is 7.83. The zero-order chi connectivity index (χ0) is 21.3. The van der Waals surface area contributed by atoms with E-state index in [4.69, 9.17) is 19.2 Å². The fourth-order valence-electron chi connectivity index (χ4n) is 3.25. The summed E-state index contributed by atoms with van der Waals surface area (Å²) in [5.41, 5.74) is 0.887. The van der Waals surface area contributed by atoms with E-state index in [0.717, 1.165) is 68.1 Å². The summed E-state index contributed by atoms with van der Waals surface area (Å²) >= 11 is 0. The minimum Gasteiger partial charge on any atom is -0.490 e. The van der Waals surface area contributed by atoms with Gasteiger partial charge in [-0.05, 0) is 44.2 Å². The van der Waals surface area contributed by atoms with E-state index in [9.17, 15) is 0 Å². The van der Waals surface area contributed by atoms with E-state index in [-0.39, 0.29) is 24.0 Å². The number of aromatic nitrogens is 3. The van der Waals surface area contributed by atoms with Crippen molar-refractivity contribution in [2.75, 3.05) is 38.3 Å². The number of aliphatic imine (C=N–C) groups is 1. The summed E-state index contributed by atoms with van der Waals surface area (Å²) in [6, 6.07) is 5.85. The van der Waals surface area contributed by atoms with Crippen molar-refractivity contribution >= 4 is 35.6 Å². The van der Waals surface area contributed by atoms with E-state index in [1.807, 2.05) is 22.8 Å². The SMILES string of the molecule is CCn1cnnc1CN=C(NCCCOCC1CC1)Nc1ccc2c(c1)OCCCO2.I. The van der Waals surface area contributed by atoms with Crippen LogP contribution in [-0.4, -0.2) is 53.7 Å². The van der Waals surface area contributed by atoms with Crippen LogP contribution in [0.15, 0.2) is 29.5 Å². The van der Waals surface area contributed by atoms with Crippen molar-refractivity contribution < 1.29 is 14.2 Å². The van der Waals surface area contributed by atoms with Gasteiger partial charge in [0.1, 0.15) is 12.9 Å². The van der Waals surface area contributed by atoms with Gasteiger partial charge >= 0.3 is 0 Å². The number of ether oxygens (including phenoxy) is 3. The molecule has 0 saturated heterocycles. The molecule has 0 amide bonds. The van der Waals surface area contributed by atoms with Gasteiger partial charge in [-0.2, -0.15) is 0 Å². The number of guanidine groups is 1. The highest BCUT2D eigenvalue weighted by molar-refractivity contribution is 14.0. The van der Waals surface area contributed by atoms with Crippen LogP contribution in [0.5, 0.6) is 11.5 Å². The lowest BCUT2D eigenvalue weighted by Crippen LogP contribution is -2.32. The van der Waals surface area contributed by atoms with Crippen LogP contribution in [0.2, 0.25) is 0 Å². The molecule has 2 N–H and O–H groups in total. The Hall–Kier alpha value is -2.08. The third-order valence-electron chi connectivity index (χ3n) is 5.23. The maximum absolute atomic E-state index is 5.81. The number of anilines is 1. The molecule has 0 radical (unpaired) electrons. The van der Waals surface area contributed by atoms with Crippen molar-refractivity contribution in [3.63, 3.8) is 0 Å². The monoisotopic (exact) mass is 556 g/mol. The molecule has 176 valence electrons. The molecule has 4 rings (SSSR count). The van der Waals surface area contributed by atoms with E-state index in [0.29, 0.717) is 25.7 Å². The Labute approximate surface area is 206 Å². The number of rotatable bonds is 10. The molecular formula is C22H33IN6O3. The molecule has 0 bridgehead atoms. The van der Waals surface area contributed by atoms with Gasteiger partial charge in [-0.15, -0.1) is 34.2 Å². The Morgan fingerprint density at radius 3 is 2.91 bits per heavy atom. The number of fused-ring (bicyclic) bond motifs is 1. The van der Waals surface area contributed by atoms with Crippen LogP contribution in [0.25, 0.3) is 0 Å². The van der Waals surface area contributed by atoms with Crippen LogP contribution in [0.4, 0.5) is 5.69 Å². The predicted molar refractivity (Wildman–Crippen MR) is 134 cm³/mol. The zero-order valence-electron chi connectivity index (χ0n) is 18.6. The molecule has 0 unspecified atom stereocenters. The van der Waals surface area contributed by atoms with E-state index >= 15 is 0 Å². The maximum Gasteiger partial charge on any atom is 0.196 e. The summed E-state index contributed by atoms with van der Waals surface area (Å²) in [6.07, 6.45) is 6.16. The Balaban J connectivity index is 0.00000289. The zero-order valence-corrected chi connectivity index (χ0v) is 20.9. The number of hydrogen-bond acceptors (Lipinski definition) is 6. The van der Waals surface area contributed by atoms with Crippen LogP contribution in [0.3, 0.4) is 0 Å². The lowest BCUT2D eigenvalue weighted by atomic mass is 10.2. The van der Waals surface area contributed by atoms with Crippen molar-refractivity contribution in [2.45, 2.75) is 45.7 Å². The number of halogens is 1. The largest absolute Gasteiger partial charge is 0.490 e. The predicted octanol–water partition coefficient (Wildman–Crippen LogP) is 3.45. The van der Waals surface area contributed by atoms with Gasteiger partial charge in [-0.3, -0.25) is 0 Å². The minimum atomic E-state index is 0. The first-order chi connectivity index (χ1) is 15.3. The van der Waals surface area contributed by atoms with Crippen molar-refractivity contribution in [2.24, 2.45) is 10.9 Å². The molecule has 1 aromatic heterocycles. The minimum absolute atomic E-state index is 0. The highest BCUT2D eigenvalue weighted by atomic mass is 127. The van der Waals surface area contributed by atoms with Crippen LogP contribution in [0.1, 0.15) is 38.4 Å². The van der Waals surface area contributed by atoms with E-state index < -0.39 is 0 Å². The summed E-state index contributed by atoms with van der Waals surface area (Å²) in [5.74, 6) is 3.83. The maximum atomic E-state index is 5.81. The third kappa shape index (κ3) is 7.51. The first kappa shape index (κ1) is 24.6. The topological polar surface area (TPSA) is 94.8 Å². The van der Waals surface area contributed by atoms with Gasteiger partial charge < -0.3 is 29.4 Å². The Kier molecular flexibility index (Phi) is 9.85. The highest BCUT2D eigenvalue weighted by Gasteiger charge is 2.20. The van der Waals surface area contributed by atoms with Gasteiger partial charge in [0.2, 0.25) is 0 Å². The molecule has 2 aromatic rings. The normalized spacial score (nSPS) is 15.6. The fourth-order valence-corrected chi connectivity index (χ4v) is 3.25. The summed E-state index contributed by atoms with van der Waals surface area (Å²) in [5, 5.41) is 14.9. The quantitative estimate of drug-likeness (QED) is 0.200. The van der Waals surface area contributed by atoms with Gasteiger partial charge in [-0.25, -0.2) is 4.99 Å². The standard InChI is InChI=1S/C22H32N6O3.HI/c1-2-28-16-25-27-21(28)14-24-22(23-9-3-10-29-15-17-5-6-17)26-18-7-8-19-20(13-18)31-12-4-11-30-19;/h7-8,13,16-17H,2-6,9-12,14-15H2,1H3,(H2,23,24,26);1H. The summed E-state index contributed by atoms with van der Waals surface area (Å²) in [6.45, 7) is 7.06. The Morgan fingerprint density at radius 2 is 2.09 bits per heavy atom. The van der Waals surface area contributed by atoms with Crippen molar-refractivity contribution in [3.8, 4) is 11.5 Å². The van der Waals surface area contributed by atoms with Crippen LogP contribution in [-0.2, 0) is 17.8 Å². The third-order valence-corrected chi connectivity index (χ3v) is 5.23. The number of hydrogen-bond donors (Lipinski definition) is 2. The molecule has 2 heterocycles. The number of nitrogens with zero attached hydrogens (tertiary/aromatic N) is 4. The van der Waals surface area contributed by atoms with Gasteiger partial charge in [0.15, 0.2) is 23.3 Å². The van der Waals surface area contributed by atoms with E-state index in [2.05, 4.69) is 27.8 Å². The van der Waals surface area contributed by atoms with Crippen molar-refractivity contribution in [1.29, 1.82) is 0 Å². The van der Waals surface area contributed by atoms with Crippen LogP contribution >= 0.6 is 24.0 Å². The molecule has 0 spiro atoms. The molecule has 1 aliphatic heterocycles. The number of aryl methyl sites for hydroxylation is 1.